The van der Waals surface area contributed by atoms with Crippen LogP contribution in [0.4, 0.5) is 5.82 Å². The van der Waals surface area contributed by atoms with Gasteiger partial charge in [-0.15, -0.1) is 0 Å². The summed E-state index contributed by atoms with van der Waals surface area (Å²) in [4.78, 5) is 30.7. The van der Waals surface area contributed by atoms with Crippen LogP contribution in [-0.4, -0.2) is 46.5 Å². The maximum absolute atomic E-state index is 12.4. The number of halogens is 1. The highest BCUT2D eigenvalue weighted by molar-refractivity contribution is 6.31. The van der Waals surface area contributed by atoms with Crippen LogP contribution in [-0.2, 0) is 6.42 Å². The molecule has 2 N–H and O–H groups in total. The smallest absolute Gasteiger partial charge is 0.251 e. The molecule has 0 aliphatic rings. The van der Waals surface area contributed by atoms with Crippen molar-refractivity contribution in [2.24, 2.45) is 0 Å². The molecule has 2 heterocycles. The van der Waals surface area contributed by atoms with Crippen LogP contribution >= 0.6 is 11.6 Å². The van der Waals surface area contributed by atoms with E-state index in [-0.39, 0.29) is 5.91 Å². The van der Waals surface area contributed by atoms with Crippen molar-refractivity contribution in [3.63, 3.8) is 0 Å². The molecule has 8 heteroatoms. The van der Waals surface area contributed by atoms with Crippen LogP contribution in [0.3, 0.4) is 0 Å². The monoisotopic (exact) mass is 420 g/mol. The van der Waals surface area contributed by atoms with Gasteiger partial charge in [-0.05, 0) is 30.3 Å². The van der Waals surface area contributed by atoms with E-state index < -0.39 is 0 Å². The molecule has 7 nitrogen and oxygen atoms in total. The first-order chi connectivity index (χ1) is 14.5. The lowest BCUT2D eigenvalue weighted by molar-refractivity contribution is 0.0954. The van der Waals surface area contributed by atoms with Crippen molar-refractivity contribution in [1.29, 1.82) is 0 Å². The number of anilines is 1. The van der Waals surface area contributed by atoms with Gasteiger partial charge in [0.15, 0.2) is 5.82 Å². The van der Waals surface area contributed by atoms with Gasteiger partial charge < -0.3 is 15.2 Å². The fraction of sp³-hybridized carbons (Fsp3) is 0.182. The molecule has 30 heavy (non-hydrogen) atoms. The first kappa shape index (κ1) is 19.8. The SMILES string of the molecule is CN(C)c1nc(-c2ccc(C(=O)NCCc3c[nH]cn3)cc2)nc2ccc(Cl)cc12. The van der Waals surface area contributed by atoms with E-state index in [2.05, 4.69) is 20.3 Å². The molecule has 0 fully saturated rings. The summed E-state index contributed by atoms with van der Waals surface area (Å²) in [5, 5.41) is 4.44. The van der Waals surface area contributed by atoms with Gasteiger partial charge in [0.2, 0.25) is 0 Å². The van der Waals surface area contributed by atoms with Gasteiger partial charge in [-0.1, -0.05) is 23.7 Å². The molecular weight excluding hydrogens is 400 g/mol. The minimum Gasteiger partial charge on any atom is -0.362 e. The van der Waals surface area contributed by atoms with E-state index in [4.69, 9.17) is 16.6 Å². The van der Waals surface area contributed by atoms with E-state index in [1.807, 2.05) is 55.5 Å². The third-order valence-electron chi connectivity index (χ3n) is 4.69. The maximum Gasteiger partial charge on any atom is 0.251 e. The number of nitrogens with zero attached hydrogens (tertiary/aromatic N) is 4. The predicted molar refractivity (Wildman–Crippen MR) is 119 cm³/mol. The predicted octanol–water partition coefficient (Wildman–Crippen LogP) is 3.71. The molecule has 0 unspecified atom stereocenters. The highest BCUT2D eigenvalue weighted by Gasteiger charge is 2.13. The lowest BCUT2D eigenvalue weighted by Gasteiger charge is -2.15. The van der Waals surface area contributed by atoms with Crippen LogP contribution in [0.15, 0.2) is 55.0 Å². The fourth-order valence-electron chi connectivity index (χ4n) is 3.16. The van der Waals surface area contributed by atoms with E-state index in [1.54, 1.807) is 18.5 Å². The Hall–Kier alpha value is -3.45. The van der Waals surface area contributed by atoms with E-state index >= 15 is 0 Å². The van der Waals surface area contributed by atoms with Crippen LogP contribution in [0.25, 0.3) is 22.3 Å². The molecular formula is C22H21ClN6O. The van der Waals surface area contributed by atoms with Crippen LogP contribution in [0.2, 0.25) is 5.02 Å². The molecule has 0 aliphatic carbocycles. The first-order valence-electron chi connectivity index (χ1n) is 9.52. The normalized spacial score (nSPS) is 10.9. The van der Waals surface area contributed by atoms with Gasteiger partial charge in [-0.2, -0.15) is 0 Å². The topological polar surface area (TPSA) is 86.8 Å². The molecule has 1 amide bonds. The minimum absolute atomic E-state index is 0.125. The quantitative estimate of drug-likeness (QED) is 0.496. The van der Waals surface area contributed by atoms with Gasteiger partial charge in [-0.25, -0.2) is 15.0 Å². The van der Waals surface area contributed by atoms with E-state index in [9.17, 15) is 4.79 Å². The van der Waals surface area contributed by atoms with E-state index in [1.165, 1.54) is 0 Å². The number of H-pyrrole nitrogens is 1. The zero-order valence-corrected chi connectivity index (χ0v) is 17.4. The van der Waals surface area contributed by atoms with Gasteiger partial charge in [0, 0.05) is 54.8 Å². The summed E-state index contributed by atoms with van der Waals surface area (Å²) in [6.45, 7) is 0.522. The van der Waals surface area contributed by atoms with Crippen LogP contribution in [0, 0.1) is 0 Å². The van der Waals surface area contributed by atoms with Crippen molar-refractivity contribution >= 4 is 34.2 Å². The van der Waals surface area contributed by atoms with E-state index in [0.717, 1.165) is 28.0 Å². The molecule has 0 atom stereocenters. The molecule has 0 saturated carbocycles. The molecule has 0 aliphatic heterocycles. The largest absolute Gasteiger partial charge is 0.362 e. The van der Waals surface area contributed by atoms with Gasteiger partial charge in [-0.3, -0.25) is 4.79 Å². The zero-order chi connectivity index (χ0) is 21.1. The van der Waals surface area contributed by atoms with Crippen molar-refractivity contribution in [1.82, 2.24) is 25.3 Å². The highest BCUT2D eigenvalue weighted by atomic mass is 35.5. The second-order valence-electron chi connectivity index (χ2n) is 7.07. The standard InChI is InChI=1S/C22H21ClN6O/c1-29(2)21-18-11-16(23)7-8-19(18)27-20(28-21)14-3-5-15(6-4-14)22(30)25-10-9-17-12-24-13-26-17/h3-8,11-13H,9-10H2,1-2H3,(H,24,26)(H,25,30). The summed E-state index contributed by atoms with van der Waals surface area (Å²) in [7, 11) is 3.87. The van der Waals surface area contributed by atoms with Gasteiger partial charge in [0.05, 0.1) is 17.5 Å². The number of carbonyl (C=O) groups is 1. The number of aromatic amines is 1. The molecule has 0 spiro atoms. The molecule has 4 rings (SSSR count). The third-order valence-corrected chi connectivity index (χ3v) is 4.92. The first-order valence-corrected chi connectivity index (χ1v) is 9.90. The van der Waals surface area contributed by atoms with Crippen LogP contribution < -0.4 is 10.2 Å². The average molecular weight is 421 g/mol. The summed E-state index contributed by atoms with van der Waals surface area (Å²) < 4.78 is 0. The second kappa shape index (κ2) is 8.51. The maximum atomic E-state index is 12.4. The minimum atomic E-state index is -0.125. The van der Waals surface area contributed by atoms with Gasteiger partial charge in [0.25, 0.3) is 5.91 Å². The van der Waals surface area contributed by atoms with Gasteiger partial charge in [0.1, 0.15) is 5.82 Å². The Morgan fingerprint density at radius 3 is 2.63 bits per heavy atom. The Labute approximate surface area is 179 Å². The van der Waals surface area contributed by atoms with Crippen molar-refractivity contribution < 1.29 is 4.79 Å². The van der Waals surface area contributed by atoms with Crippen molar-refractivity contribution in [2.75, 3.05) is 25.5 Å². The average Bonchev–Trinajstić information content (AvgIpc) is 3.26. The summed E-state index contributed by atoms with van der Waals surface area (Å²) in [5.74, 6) is 1.26. The zero-order valence-electron chi connectivity index (χ0n) is 16.7. The molecule has 0 saturated heterocycles. The number of fused-ring (bicyclic) bond motifs is 1. The highest BCUT2D eigenvalue weighted by Crippen LogP contribution is 2.28. The lowest BCUT2D eigenvalue weighted by Crippen LogP contribution is -2.25. The molecule has 4 aromatic rings. The molecule has 2 aromatic carbocycles. The lowest BCUT2D eigenvalue weighted by atomic mass is 10.1. The van der Waals surface area contributed by atoms with Crippen molar-refractivity contribution in [2.45, 2.75) is 6.42 Å². The Kier molecular flexibility index (Phi) is 5.63. The third kappa shape index (κ3) is 4.26. The second-order valence-corrected chi connectivity index (χ2v) is 7.51. The number of hydrogen-bond donors (Lipinski definition) is 2. The number of imidazole rings is 1. The number of amides is 1. The Balaban J connectivity index is 1.54. The summed E-state index contributed by atoms with van der Waals surface area (Å²) >= 11 is 6.15. The Bertz CT molecular complexity index is 1170. The van der Waals surface area contributed by atoms with Crippen molar-refractivity contribution in [3.8, 4) is 11.4 Å². The van der Waals surface area contributed by atoms with Gasteiger partial charge >= 0.3 is 0 Å². The number of nitrogens with one attached hydrogen (secondary N) is 2. The Morgan fingerprint density at radius 1 is 1.13 bits per heavy atom. The Morgan fingerprint density at radius 2 is 1.93 bits per heavy atom. The van der Waals surface area contributed by atoms with E-state index in [0.29, 0.717) is 29.4 Å². The number of carbonyl (C=O) groups excluding carboxylic acids is 1. The molecule has 0 radical (unpaired) electrons. The van der Waals surface area contributed by atoms with Crippen LogP contribution in [0.1, 0.15) is 16.1 Å². The summed E-state index contributed by atoms with van der Waals surface area (Å²) in [5.41, 5.74) is 3.15. The van der Waals surface area contributed by atoms with Crippen LogP contribution in [0.5, 0.6) is 0 Å². The fourth-order valence-corrected chi connectivity index (χ4v) is 3.33. The number of rotatable bonds is 6. The number of aromatic nitrogens is 4. The molecule has 152 valence electrons. The number of hydrogen-bond acceptors (Lipinski definition) is 5. The number of benzene rings is 2. The summed E-state index contributed by atoms with van der Waals surface area (Å²) in [6, 6.07) is 12.9. The molecule has 0 bridgehead atoms. The summed E-state index contributed by atoms with van der Waals surface area (Å²) in [6.07, 6.45) is 4.12. The van der Waals surface area contributed by atoms with Crippen molar-refractivity contribution in [3.05, 3.63) is 71.3 Å². The molecule has 2 aromatic heterocycles.